The maximum atomic E-state index is 13.0. The van der Waals surface area contributed by atoms with Crippen LogP contribution in [0.15, 0.2) is 11.0 Å². The molecule has 1 saturated heterocycles. The summed E-state index contributed by atoms with van der Waals surface area (Å²) in [4.78, 5) is 0.504. The van der Waals surface area contributed by atoms with Crippen molar-refractivity contribution in [3.8, 4) is 0 Å². The van der Waals surface area contributed by atoms with Crippen molar-refractivity contribution in [2.75, 3.05) is 19.6 Å². The summed E-state index contributed by atoms with van der Waals surface area (Å²) in [6.07, 6.45) is 0. The van der Waals surface area contributed by atoms with Crippen LogP contribution in [0.2, 0.25) is 0 Å². The fraction of sp³-hybridized carbons (Fsp3) is 0.600. The number of benzene rings is 1. The van der Waals surface area contributed by atoms with Crippen LogP contribution in [-0.2, 0) is 10.0 Å². The quantitative estimate of drug-likeness (QED) is 0.904. The molecule has 1 aromatic rings. The smallest absolute Gasteiger partial charge is 0.243 e. The molecule has 0 amide bonds. The maximum absolute atomic E-state index is 13.0. The van der Waals surface area contributed by atoms with Gasteiger partial charge in [0, 0.05) is 25.7 Å². The number of rotatable bonds is 2. The van der Waals surface area contributed by atoms with Gasteiger partial charge in [-0.05, 0) is 56.9 Å². The van der Waals surface area contributed by atoms with Gasteiger partial charge in [-0.25, -0.2) is 8.42 Å². The molecule has 1 fully saturated rings. The zero-order valence-electron chi connectivity index (χ0n) is 13.4. The zero-order chi connectivity index (χ0) is 15.1. The minimum atomic E-state index is -3.41. The van der Waals surface area contributed by atoms with Gasteiger partial charge in [0.05, 0.1) is 4.90 Å². The fourth-order valence-corrected chi connectivity index (χ4v) is 4.92. The molecule has 0 aliphatic carbocycles. The van der Waals surface area contributed by atoms with Gasteiger partial charge in [0.2, 0.25) is 10.0 Å². The predicted molar refractivity (Wildman–Crippen MR) is 88.9 cm³/mol. The normalized spacial score (nSPS) is 20.1. The second-order valence-electron chi connectivity index (χ2n) is 5.81. The van der Waals surface area contributed by atoms with E-state index in [1.807, 2.05) is 34.6 Å². The fourth-order valence-electron chi connectivity index (χ4n) is 2.81. The number of nitrogens with one attached hydrogen (secondary N) is 1. The Labute approximate surface area is 134 Å². The monoisotopic (exact) mass is 332 g/mol. The molecule has 21 heavy (non-hydrogen) atoms. The van der Waals surface area contributed by atoms with E-state index in [9.17, 15) is 8.42 Å². The van der Waals surface area contributed by atoms with Crippen LogP contribution in [0, 0.1) is 27.7 Å². The van der Waals surface area contributed by atoms with Crippen LogP contribution in [0.5, 0.6) is 0 Å². The largest absolute Gasteiger partial charge is 0.312 e. The highest BCUT2D eigenvalue weighted by Crippen LogP contribution is 2.29. The van der Waals surface area contributed by atoms with E-state index >= 15 is 0 Å². The lowest BCUT2D eigenvalue weighted by molar-refractivity contribution is 0.310. The highest BCUT2D eigenvalue weighted by molar-refractivity contribution is 7.89. The molecular weight excluding hydrogens is 308 g/mol. The van der Waals surface area contributed by atoms with Crippen molar-refractivity contribution in [1.82, 2.24) is 9.62 Å². The van der Waals surface area contributed by atoms with Gasteiger partial charge in [-0.1, -0.05) is 6.07 Å². The van der Waals surface area contributed by atoms with Crippen LogP contribution in [0.25, 0.3) is 0 Å². The number of hydrogen-bond acceptors (Lipinski definition) is 3. The second-order valence-corrected chi connectivity index (χ2v) is 7.68. The maximum Gasteiger partial charge on any atom is 0.243 e. The number of nitrogens with zero attached hydrogens (tertiary/aromatic N) is 1. The Morgan fingerprint density at radius 1 is 1.14 bits per heavy atom. The van der Waals surface area contributed by atoms with Gasteiger partial charge in [-0.2, -0.15) is 4.31 Å². The molecule has 1 aliphatic heterocycles. The van der Waals surface area contributed by atoms with Crippen LogP contribution in [-0.4, -0.2) is 38.4 Å². The third kappa shape index (κ3) is 3.42. The van der Waals surface area contributed by atoms with Crippen LogP contribution < -0.4 is 5.32 Å². The average Bonchev–Trinajstić information content (AvgIpc) is 2.36. The molecule has 1 aliphatic rings. The van der Waals surface area contributed by atoms with Gasteiger partial charge in [0.15, 0.2) is 0 Å². The predicted octanol–water partition coefficient (Wildman–Crippen LogP) is 2.32. The molecule has 120 valence electrons. The Hall–Kier alpha value is -0.620. The van der Waals surface area contributed by atoms with Gasteiger partial charge in [-0.3, -0.25) is 0 Å². The summed E-state index contributed by atoms with van der Waals surface area (Å²) < 4.78 is 27.6. The van der Waals surface area contributed by atoms with Crippen LogP contribution in [0.1, 0.15) is 29.2 Å². The van der Waals surface area contributed by atoms with E-state index in [-0.39, 0.29) is 18.4 Å². The third-order valence-corrected chi connectivity index (χ3v) is 6.37. The van der Waals surface area contributed by atoms with Crippen molar-refractivity contribution in [3.63, 3.8) is 0 Å². The third-order valence-electron chi connectivity index (χ3n) is 4.23. The van der Waals surface area contributed by atoms with Crippen molar-refractivity contribution in [2.45, 2.75) is 45.6 Å². The second kappa shape index (κ2) is 6.65. The summed E-state index contributed by atoms with van der Waals surface area (Å²) in [5.74, 6) is 0. The number of aryl methyl sites for hydroxylation is 2. The van der Waals surface area contributed by atoms with Crippen LogP contribution >= 0.6 is 12.4 Å². The summed E-state index contributed by atoms with van der Waals surface area (Å²) in [5, 5.41) is 3.28. The van der Waals surface area contributed by atoms with Crippen molar-refractivity contribution in [3.05, 3.63) is 28.3 Å². The molecule has 1 aromatic carbocycles. The zero-order valence-corrected chi connectivity index (χ0v) is 15.0. The summed E-state index contributed by atoms with van der Waals surface area (Å²) in [6, 6.07) is 2.26. The van der Waals surface area contributed by atoms with Gasteiger partial charge >= 0.3 is 0 Å². The van der Waals surface area contributed by atoms with E-state index < -0.39 is 10.0 Å². The van der Waals surface area contributed by atoms with E-state index in [1.165, 1.54) is 0 Å². The lowest BCUT2D eigenvalue weighted by Gasteiger charge is -2.32. The van der Waals surface area contributed by atoms with E-state index in [2.05, 4.69) is 11.4 Å². The molecule has 0 unspecified atom stereocenters. The lowest BCUT2D eigenvalue weighted by atomic mass is 10.0. The van der Waals surface area contributed by atoms with Gasteiger partial charge in [0.1, 0.15) is 0 Å². The van der Waals surface area contributed by atoms with Crippen molar-refractivity contribution >= 4 is 22.4 Å². The molecule has 1 N–H and O–H groups in total. The lowest BCUT2D eigenvalue weighted by Crippen LogP contribution is -2.51. The molecule has 0 radical (unpaired) electrons. The minimum Gasteiger partial charge on any atom is -0.312 e. The average molecular weight is 333 g/mol. The Morgan fingerprint density at radius 3 is 2.14 bits per heavy atom. The SMILES string of the molecule is Cc1cc(C)c(C)c(S(=O)(=O)N2CCN[C@H](C)C2)c1C.Cl. The molecule has 1 heterocycles. The standard InChI is InChI=1S/C15H24N2O2S.ClH/c1-10-8-11(2)14(5)15(13(10)4)20(18,19)17-7-6-16-12(3)9-17;/h8,12,16H,6-7,9H2,1-5H3;1H/t12-;/m1./s1. The van der Waals surface area contributed by atoms with E-state index in [4.69, 9.17) is 0 Å². The summed E-state index contributed by atoms with van der Waals surface area (Å²) in [5.41, 5.74) is 3.82. The molecule has 1 atom stereocenters. The molecule has 0 spiro atoms. The number of sulfonamides is 1. The first-order valence-corrected chi connectivity index (χ1v) is 8.50. The number of halogens is 1. The highest BCUT2D eigenvalue weighted by atomic mass is 35.5. The minimum absolute atomic E-state index is 0. The summed E-state index contributed by atoms with van der Waals surface area (Å²) >= 11 is 0. The van der Waals surface area contributed by atoms with E-state index in [0.29, 0.717) is 24.5 Å². The molecular formula is C15H25ClN2O2S. The van der Waals surface area contributed by atoms with Gasteiger partial charge < -0.3 is 5.32 Å². The summed E-state index contributed by atoms with van der Waals surface area (Å²) in [6.45, 7) is 11.6. The molecule has 0 aromatic heterocycles. The number of hydrogen-bond donors (Lipinski definition) is 1. The van der Waals surface area contributed by atoms with E-state index in [1.54, 1.807) is 4.31 Å². The molecule has 4 nitrogen and oxygen atoms in total. The van der Waals surface area contributed by atoms with Gasteiger partial charge in [0.25, 0.3) is 0 Å². The van der Waals surface area contributed by atoms with Crippen molar-refractivity contribution in [1.29, 1.82) is 0 Å². The Kier molecular flexibility index (Phi) is 5.83. The first-order chi connectivity index (χ1) is 9.25. The molecule has 2 rings (SSSR count). The Morgan fingerprint density at radius 2 is 1.67 bits per heavy atom. The first kappa shape index (κ1) is 18.4. The first-order valence-electron chi connectivity index (χ1n) is 7.06. The molecule has 0 bridgehead atoms. The van der Waals surface area contributed by atoms with Crippen molar-refractivity contribution in [2.24, 2.45) is 0 Å². The molecule has 6 heteroatoms. The van der Waals surface area contributed by atoms with Crippen LogP contribution in [0.3, 0.4) is 0 Å². The summed E-state index contributed by atoms with van der Waals surface area (Å²) in [7, 11) is -3.41. The highest BCUT2D eigenvalue weighted by Gasteiger charge is 2.31. The topological polar surface area (TPSA) is 49.4 Å². The Bertz CT molecular complexity index is 603. The molecule has 0 saturated carbocycles. The van der Waals surface area contributed by atoms with Gasteiger partial charge in [-0.15, -0.1) is 12.4 Å². The van der Waals surface area contributed by atoms with Crippen LogP contribution in [0.4, 0.5) is 0 Å². The number of piperazine rings is 1. The van der Waals surface area contributed by atoms with Crippen molar-refractivity contribution < 1.29 is 8.42 Å². The van der Waals surface area contributed by atoms with E-state index in [0.717, 1.165) is 22.3 Å². The Balaban J connectivity index is 0.00000220.